The minimum Gasteiger partial charge on any atom is -0.484 e. The molecule has 4 rings (SSSR count). The second kappa shape index (κ2) is 9.24. The van der Waals surface area contributed by atoms with Crippen molar-refractivity contribution in [1.29, 1.82) is 0 Å². The van der Waals surface area contributed by atoms with Gasteiger partial charge in [0.25, 0.3) is 0 Å². The van der Waals surface area contributed by atoms with E-state index >= 15 is 0 Å². The Kier molecular flexibility index (Phi) is 6.38. The molecule has 3 aromatic rings. The first kappa shape index (κ1) is 22.8. The summed E-state index contributed by atoms with van der Waals surface area (Å²) in [4.78, 5) is 29.6. The van der Waals surface area contributed by atoms with Gasteiger partial charge in [0.15, 0.2) is 11.5 Å². The van der Waals surface area contributed by atoms with Crippen molar-refractivity contribution in [3.63, 3.8) is 0 Å². The number of ether oxygens (including phenoxy) is 2. The molecule has 33 heavy (non-hydrogen) atoms. The normalized spacial score (nSPS) is 18.2. The zero-order valence-electron chi connectivity index (χ0n) is 18.9. The first-order valence-corrected chi connectivity index (χ1v) is 11.1. The van der Waals surface area contributed by atoms with Gasteiger partial charge in [0.1, 0.15) is 17.0 Å². The molecule has 0 bridgehead atoms. The van der Waals surface area contributed by atoms with Crippen LogP contribution in [-0.4, -0.2) is 23.8 Å². The molecule has 7 heteroatoms. The number of carbonyl (C=O) groups is 2. The summed E-state index contributed by atoms with van der Waals surface area (Å²) in [6.45, 7) is 5.78. The summed E-state index contributed by atoms with van der Waals surface area (Å²) in [5, 5.41) is 3.50. The van der Waals surface area contributed by atoms with E-state index < -0.39 is 5.97 Å². The van der Waals surface area contributed by atoms with E-state index in [0.29, 0.717) is 17.0 Å². The molecule has 0 amide bonds. The van der Waals surface area contributed by atoms with E-state index in [1.807, 2.05) is 63.2 Å². The summed E-state index contributed by atoms with van der Waals surface area (Å²) in [6.07, 6.45) is -0.386. The number of rotatable bonds is 5. The number of pyridine rings is 1. The highest BCUT2D eigenvalue weighted by Crippen LogP contribution is 2.43. The summed E-state index contributed by atoms with van der Waals surface area (Å²) in [5.74, 6) is -0.308. The first-order valence-electron chi connectivity index (χ1n) is 10.7. The van der Waals surface area contributed by atoms with Crippen molar-refractivity contribution in [3.05, 3.63) is 87.7 Å². The van der Waals surface area contributed by atoms with E-state index in [1.54, 1.807) is 12.1 Å². The highest BCUT2D eigenvalue weighted by molar-refractivity contribution is 6.29. The van der Waals surface area contributed by atoms with Gasteiger partial charge in [0, 0.05) is 5.56 Å². The van der Waals surface area contributed by atoms with Crippen molar-refractivity contribution in [3.8, 4) is 5.75 Å². The average Bonchev–Trinajstić information content (AvgIpc) is 2.82. The van der Waals surface area contributed by atoms with Crippen LogP contribution in [0.2, 0.25) is 5.15 Å². The van der Waals surface area contributed by atoms with Crippen LogP contribution in [0.4, 0.5) is 5.69 Å². The number of nitrogens with zero attached hydrogens (tertiary/aromatic N) is 1. The van der Waals surface area contributed by atoms with Crippen LogP contribution in [0.5, 0.6) is 5.75 Å². The summed E-state index contributed by atoms with van der Waals surface area (Å²) in [7, 11) is 1.29. The smallest absolute Gasteiger partial charge is 0.358 e. The number of Topliss-reactive ketones (excluding diaryl/α,β-unsaturated/α-hetero) is 1. The topological polar surface area (TPSA) is 77.5 Å². The number of ketones is 1. The molecule has 170 valence electrons. The molecule has 2 heterocycles. The summed E-state index contributed by atoms with van der Waals surface area (Å²) < 4.78 is 11.3. The number of hydrogen-bond acceptors (Lipinski definition) is 6. The molecule has 1 N–H and O–H groups in total. The molecule has 0 spiro atoms. The third kappa shape index (κ3) is 4.44. The lowest BCUT2D eigenvalue weighted by Gasteiger charge is -2.33. The van der Waals surface area contributed by atoms with Crippen molar-refractivity contribution in [1.82, 2.24) is 4.98 Å². The maximum Gasteiger partial charge on any atom is 0.358 e. The fourth-order valence-electron chi connectivity index (χ4n) is 4.16. The quantitative estimate of drug-likeness (QED) is 0.371. The Balaban J connectivity index is 1.74. The first-order chi connectivity index (χ1) is 15.8. The lowest BCUT2D eigenvalue weighted by Crippen LogP contribution is -2.31. The van der Waals surface area contributed by atoms with Gasteiger partial charge in [0.2, 0.25) is 0 Å². The van der Waals surface area contributed by atoms with E-state index in [2.05, 4.69) is 10.3 Å². The van der Waals surface area contributed by atoms with E-state index in [0.717, 1.165) is 16.7 Å². The average molecular weight is 465 g/mol. The van der Waals surface area contributed by atoms with E-state index in [1.165, 1.54) is 7.11 Å². The number of benzene rings is 2. The second-order valence-electron chi connectivity index (χ2n) is 8.22. The van der Waals surface area contributed by atoms with Gasteiger partial charge in [-0.3, -0.25) is 4.79 Å². The van der Waals surface area contributed by atoms with Crippen molar-refractivity contribution >= 4 is 29.0 Å². The number of aromatic nitrogens is 1. The van der Waals surface area contributed by atoms with Crippen LogP contribution < -0.4 is 10.1 Å². The number of esters is 1. The number of anilines is 1. The zero-order chi connectivity index (χ0) is 23.7. The van der Waals surface area contributed by atoms with Gasteiger partial charge in [-0.15, -0.1) is 0 Å². The van der Waals surface area contributed by atoms with Gasteiger partial charge >= 0.3 is 5.97 Å². The predicted molar refractivity (Wildman–Crippen MR) is 127 cm³/mol. The number of hydrogen-bond donors (Lipinski definition) is 1. The van der Waals surface area contributed by atoms with Crippen LogP contribution in [0.3, 0.4) is 0 Å². The van der Waals surface area contributed by atoms with Crippen molar-refractivity contribution in [2.75, 3.05) is 12.4 Å². The lowest BCUT2D eigenvalue weighted by atomic mass is 9.84. The molecule has 6 nitrogen and oxygen atoms in total. The number of halogens is 1. The Morgan fingerprint density at radius 2 is 1.91 bits per heavy atom. The summed E-state index contributed by atoms with van der Waals surface area (Å²) in [6, 6.07) is 16.6. The highest BCUT2D eigenvalue weighted by Gasteiger charge is 2.37. The molecule has 2 unspecified atom stereocenters. The van der Waals surface area contributed by atoms with Crippen LogP contribution >= 0.6 is 11.6 Å². The zero-order valence-corrected chi connectivity index (χ0v) is 19.6. The fraction of sp³-hybridized carbons (Fsp3) is 0.269. The minimum atomic E-state index is -0.595. The summed E-state index contributed by atoms with van der Waals surface area (Å²) >= 11 is 5.99. The monoisotopic (exact) mass is 464 g/mol. The number of fused-ring (bicyclic) bond motifs is 1. The molecule has 3 atom stereocenters. The van der Waals surface area contributed by atoms with Crippen LogP contribution in [0.25, 0.3) is 0 Å². The number of methoxy groups -OCH3 is 1. The van der Waals surface area contributed by atoms with Crippen molar-refractivity contribution in [2.24, 2.45) is 5.92 Å². The maximum absolute atomic E-state index is 13.3. The van der Waals surface area contributed by atoms with Gasteiger partial charge in [-0.05, 0) is 43.2 Å². The molecule has 2 aromatic carbocycles. The van der Waals surface area contributed by atoms with E-state index in [-0.39, 0.29) is 34.7 Å². The highest BCUT2D eigenvalue weighted by atomic mass is 35.5. The molecule has 1 aliphatic rings. The van der Waals surface area contributed by atoms with Gasteiger partial charge in [-0.1, -0.05) is 54.9 Å². The third-order valence-corrected chi connectivity index (χ3v) is 6.06. The molecule has 0 saturated heterocycles. The van der Waals surface area contributed by atoms with Gasteiger partial charge in [-0.2, -0.15) is 0 Å². The van der Waals surface area contributed by atoms with Gasteiger partial charge < -0.3 is 14.8 Å². The molecule has 0 radical (unpaired) electrons. The van der Waals surface area contributed by atoms with Gasteiger partial charge in [-0.25, -0.2) is 9.78 Å². The molecule has 0 aliphatic carbocycles. The Hall–Kier alpha value is -3.38. The minimum absolute atomic E-state index is 0.0469. The predicted octanol–water partition coefficient (Wildman–Crippen LogP) is 5.96. The molecular weight excluding hydrogens is 440 g/mol. The van der Waals surface area contributed by atoms with E-state index in [4.69, 9.17) is 21.1 Å². The Morgan fingerprint density at radius 3 is 2.61 bits per heavy atom. The van der Waals surface area contributed by atoms with Crippen LogP contribution in [0.1, 0.15) is 63.5 Å². The van der Waals surface area contributed by atoms with Crippen molar-refractivity contribution in [2.45, 2.75) is 32.9 Å². The number of nitrogens with one attached hydrogen (secondary N) is 1. The molecule has 1 aliphatic heterocycles. The number of carbonyl (C=O) groups excluding carboxylic acids is 2. The summed E-state index contributed by atoms with van der Waals surface area (Å²) in [5.41, 5.74) is 3.85. The van der Waals surface area contributed by atoms with E-state index in [9.17, 15) is 9.59 Å². The van der Waals surface area contributed by atoms with Gasteiger partial charge in [0.05, 0.1) is 30.3 Å². The number of aryl methyl sites for hydroxylation is 1. The SMILES string of the molecule is COC(=O)c1nc(Cl)ccc1N[C@H](C)c1cc(C)cc2c1OC(c1ccccc1)C(C)C2=O. The van der Waals surface area contributed by atoms with Crippen molar-refractivity contribution < 1.29 is 19.1 Å². The maximum atomic E-state index is 13.3. The third-order valence-electron chi connectivity index (χ3n) is 5.85. The standard InChI is InChI=1S/C26H25ClN2O4/c1-14-12-18(16(3)28-20-10-11-21(27)29-22(20)26(31)32-4)25-19(13-14)23(30)15(2)24(33-25)17-8-6-5-7-9-17/h5-13,15-16,24,28H,1-4H3/t15?,16-,24?/m1/s1. The van der Waals surface area contributed by atoms with Crippen LogP contribution in [0, 0.1) is 12.8 Å². The second-order valence-corrected chi connectivity index (χ2v) is 8.61. The Morgan fingerprint density at radius 1 is 1.18 bits per heavy atom. The molecule has 1 aromatic heterocycles. The Bertz CT molecular complexity index is 1210. The molecule has 0 fully saturated rings. The van der Waals surface area contributed by atoms with Crippen LogP contribution in [0.15, 0.2) is 54.6 Å². The lowest BCUT2D eigenvalue weighted by molar-refractivity contribution is 0.0594. The van der Waals surface area contributed by atoms with Crippen LogP contribution in [-0.2, 0) is 4.74 Å². The molecule has 0 saturated carbocycles. The largest absolute Gasteiger partial charge is 0.484 e. The fourth-order valence-corrected chi connectivity index (χ4v) is 4.31. The Labute approximate surface area is 197 Å². The molecular formula is C26H25ClN2O4.